The van der Waals surface area contributed by atoms with Crippen molar-refractivity contribution in [3.8, 4) is 0 Å². The van der Waals surface area contributed by atoms with Crippen molar-refractivity contribution >= 4 is 6.03 Å². The number of ether oxygens (including phenoxy) is 1. The molecule has 1 aliphatic carbocycles. The molecule has 0 saturated carbocycles. The molecule has 2 aliphatic rings. The van der Waals surface area contributed by atoms with Gasteiger partial charge in [-0.2, -0.15) is 0 Å². The van der Waals surface area contributed by atoms with Gasteiger partial charge in [0, 0.05) is 13.1 Å². The molecule has 2 atom stereocenters. The number of aliphatic hydroxyl groups is 1. The Balaban J connectivity index is 1.44. The van der Waals surface area contributed by atoms with Gasteiger partial charge in [-0.1, -0.05) is 24.3 Å². The third-order valence-electron chi connectivity index (χ3n) is 5.07. The predicted octanol–water partition coefficient (Wildman–Crippen LogP) is 1.97. The zero-order chi connectivity index (χ0) is 16.9. The first kappa shape index (κ1) is 17.2. The van der Waals surface area contributed by atoms with Gasteiger partial charge in [0.15, 0.2) is 0 Å². The molecule has 0 aromatic heterocycles. The Labute approximate surface area is 144 Å². The molecule has 0 radical (unpaired) electrons. The van der Waals surface area contributed by atoms with Gasteiger partial charge >= 0.3 is 6.03 Å². The minimum atomic E-state index is -0.427. The number of hydrogen-bond donors (Lipinski definition) is 2. The van der Waals surface area contributed by atoms with E-state index < -0.39 is 6.10 Å². The Morgan fingerprint density at radius 1 is 1.38 bits per heavy atom. The molecule has 3 rings (SSSR count). The lowest BCUT2D eigenvalue weighted by atomic mass is 10.0. The highest BCUT2D eigenvalue weighted by molar-refractivity contribution is 5.74. The molecule has 1 heterocycles. The quantitative estimate of drug-likeness (QED) is 0.867. The van der Waals surface area contributed by atoms with Gasteiger partial charge in [0.2, 0.25) is 0 Å². The first-order valence-electron chi connectivity index (χ1n) is 9.00. The van der Waals surface area contributed by atoms with Crippen molar-refractivity contribution in [1.82, 2.24) is 10.2 Å². The minimum Gasteiger partial charge on any atom is -0.393 e. The molecule has 2 N–H and O–H groups in total. The van der Waals surface area contributed by atoms with Crippen LogP contribution in [0.2, 0.25) is 0 Å². The number of amides is 2. The van der Waals surface area contributed by atoms with E-state index in [1.165, 1.54) is 11.1 Å². The lowest BCUT2D eigenvalue weighted by molar-refractivity contribution is -0.00432. The summed E-state index contributed by atoms with van der Waals surface area (Å²) in [6.45, 7) is 4.13. The Morgan fingerprint density at radius 3 is 2.75 bits per heavy atom. The molecule has 1 saturated heterocycles. The van der Waals surface area contributed by atoms with Gasteiger partial charge in [-0.25, -0.2) is 4.79 Å². The van der Waals surface area contributed by atoms with E-state index in [2.05, 4.69) is 29.6 Å². The fourth-order valence-electron chi connectivity index (χ4n) is 3.85. The molecular weight excluding hydrogens is 304 g/mol. The molecule has 2 unspecified atom stereocenters. The number of carbonyl (C=O) groups is 1. The molecule has 24 heavy (non-hydrogen) atoms. The maximum Gasteiger partial charge on any atom is 0.317 e. The summed E-state index contributed by atoms with van der Waals surface area (Å²) in [5.74, 6) is 0.626. The van der Waals surface area contributed by atoms with Crippen LogP contribution in [0.25, 0.3) is 0 Å². The molecule has 132 valence electrons. The predicted molar refractivity (Wildman–Crippen MR) is 93.0 cm³/mol. The SMILES string of the molecule is CC(O)CC1COCCN1C(=O)NCCC1Cc2ccccc2C1. The normalized spacial score (nSPS) is 22.2. The number of nitrogens with one attached hydrogen (secondary N) is 1. The molecule has 1 aliphatic heterocycles. The first-order valence-corrected chi connectivity index (χ1v) is 9.00. The minimum absolute atomic E-state index is 0.0283. The number of urea groups is 1. The summed E-state index contributed by atoms with van der Waals surface area (Å²) < 4.78 is 5.45. The number of fused-ring (bicyclic) bond motifs is 1. The standard InChI is InChI=1S/C19H28N2O3/c1-14(22)10-18-13-24-9-8-21(18)19(23)20-7-6-15-11-16-4-2-3-5-17(16)12-15/h2-5,14-15,18,22H,6-13H2,1H3,(H,20,23). The summed E-state index contributed by atoms with van der Waals surface area (Å²) in [7, 11) is 0. The number of aliphatic hydroxyl groups excluding tert-OH is 1. The second kappa shape index (κ2) is 7.99. The van der Waals surface area contributed by atoms with E-state index in [0.717, 1.165) is 19.3 Å². The summed E-state index contributed by atoms with van der Waals surface area (Å²) in [5, 5.41) is 12.7. The maximum atomic E-state index is 12.5. The smallest absolute Gasteiger partial charge is 0.317 e. The van der Waals surface area contributed by atoms with Gasteiger partial charge in [0.1, 0.15) is 0 Å². The van der Waals surface area contributed by atoms with Gasteiger partial charge < -0.3 is 20.1 Å². The van der Waals surface area contributed by atoms with Gasteiger partial charge in [0.05, 0.1) is 25.4 Å². The van der Waals surface area contributed by atoms with Crippen LogP contribution in [0, 0.1) is 5.92 Å². The molecule has 5 heteroatoms. The highest BCUT2D eigenvalue weighted by Gasteiger charge is 2.28. The lowest BCUT2D eigenvalue weighted by Crippen LogP contribution is -2.53. The van der Waals surface area contributed by atoms with E-state index in [-0.39, 0.29) is 12.1 Å². The second-order valence-electron chi connectivity index (χ2n) is 7.07. The van der Waals surface area contributed by atoms with Crippen LogP contribution in [0.4, 0.5) is 4.79 Å². The van der Waals surface area contributed by atoms with Crippen molar-refractivity contribution in [3.63, 3.8) is 0 Å². The monoisotopic (exact) mass is 332 g/mol. The first-order chi connectivity index (χ1) is 11.6. The Kier molecular flexibility index (Phi) is 5.74. The molecule has 1 aromatic rings. The Hall–Kier alpha value is -1.59. The van der Waals surface area contributed by atoms with Gasteiger partial charge in [0.25, 0.3) is 0 Å². The summed E-state index contributed by atoms with van der Waals surface area (Å²) in [4.78, 5) is 14.3. The summed E-state index contributed by atoms with van der Waals surface area (Å²) >= 11 is 0. The van der Waals surface area contributed by atoms with E-state index in [1.807, 2.05) is 4.90 Å². The van der Waals surface area contributed by atoms with Crippen LogP contribution >= 0.6 is 0 Å². The second-order valence-corrected chi connectivity index (χ2v) is 7.07. The van der Waals surface area contributed by atoms with E-state index in [9.17, 15) is 9.90 Å². The van der Waals surface area contributed by atoms with Crippen molar-refractivity contribution in [3.05, 3.63) is 35.4 Å². The largest absolute Gasteiger partial charge is 0.393 e. The number of hydrogen-bond acceptors (Lipinski definition) is 3. The number of morpholine rings is 1. The van der Waals surface area contributed by atoms with Gasteiger partial charge in [-0.05, 0) is 49.7 Å². The Morgan fingerprint density at radius 2 is 2.08 bits per heavy atom. The van der Waals surface area contributed by atoms with Crippen molar-refractivity contribution in [2.24, 2.45) is 5.92 Å². The highest BCUT2D eigenvalue weighted by atomic mass is 16.5. The molecule has 5 nitrogen and oxygen atoms in total. The fourth-order valence-corrected chi connectivity index (χ4v) is 3.85. The number of benzene rings is 1. The van der Waals surface area contributed by atoms with Crippen LogP contribution in [0.5, 0.6) is 0 Å². The van der Waals surface area contributed by atoms with E-state index >= 15 is 0 Å². The maximum absolute atomic E-state index is 12.5. The number of nitrogens with zero attached hydrogens (tertiary/aromatic N) is 1. The van der Waals surface area contributed by atoms with E-state index in [1.54, 1.807) is 6.92 Å². The number of rotatable bonds is 5. The summed E-state index contributed by atoms with van der Waals surface area (Å²) in [5.41, 5.74) is 2.91. The zero-order valence-electron chi connectivity index (χ0n) is 14.4. The molecule has 2 amide bonds. The van der Waals surface area contributed by atoms with Crippen LogP contribution in [-0.4, -0.2) is 54.5 Å². The van der Waals surface area contributed by atoms with Crippen LogP contribution in [0.15, 0.2) is 24.3 Å². The molecule has 1 aromatic carbocycles. The number of carbonyl (C=O) groups excluding carboxylic acids is 1. The topological polar surface area (TPSA) is 61.8 Å². The summed E-state index contributed by atoms with van der Waals surface area (Å²) in [6.07, 6.45) is 3.38. The molecule has 0 bridgehead atoms. The van der Waals surface area contributed by atoms with Crippen molar-refractivity contribution in [1.29, 1.82) is 0 Å². The van der Waals surface area contributed by atoms with E-state index in [4.69, 9.17) is 4.74 Å². The van der Waals surface area contributed by atoms with E-state index in [0.29, 0.717) is 38.6 Å². The highest BCUT2D eigenvalue weighted by Crippen LogP contribution is 2.28. The summed E-state index contributed by atoms with van der Waals surface area (Å²) in [6, 6.07) is 8.56. The molecule has 1 fully saturated rings. The van der Waals surface area contributed by atoms with Crippen LogP contribution in [-0.2, 0) is 17.6 Å². The average molecular weight is 332 g/mol. The van der Waals surface area contributed by atoms with Crippen LogP contribution < -0.4 is 5.32 Å². The van der Waals surface area contributed by atoms with Crippen molar-refractivity contribution in [2.45, 2.75) is 44.8 Å². The van der Waals surface area contributed by atoms with Crippen LogP contribution in [0.3, 0.4) is 0 Å². The third kappa shape index (κ3) is 4.28. The van der Waals surface area contributed by atoms with Gasteiger partial charge in [-0.15, -0.1) is 0 Å². The van der Waals surface area contributed by atoms with Gasteiger partial charge in [-0.3, -0.25) is 0 Å². The zero-order valence-corrected chi connectivity index (χ0v) is 14.4. The Bertz CT molecular complexity index is 536. The van der Waals surface area contributed by atoms with Crippen LogP contribution in [0.1, 0.15) is 30.9 Å². The molecular formula is C19H28N2O3. The third-order valence-corrected chi connectivity index (χ3v) is 5.07. The van der Waals surface area contributed by atoms with Crippen molar-refractivity contribution in [2.75, 3.05) is 26.3 Å². The molecule has 0 spiro atoms. The van der Waals surface area contributed by atoms with Crippen molar-refractivity contribution < 1.29 is 14.6 Å². The fraction of sp³-hybridized carbons (Fsp3) is 0.632. The lowest BCUT2D eigenvalue weighted by Gasteiger charge is -2.36. The average Bonchev–Trinajstić information content (AvgIpc) is 2.97.